The molecule has 0 atom stereocenters. The van der Waals surface area contributed by atoms with Crippen LogP contribution in [-0.2, 0) is 7.05 Å². The molecular formula is C19H23ClN6O. The zero-order valence-corrected chi connectivity index (χ0v) is 16.5. The molecular weight excluding hydrogens is 364 g/mol. The van der Waals surface area contributed by atoms with Gasteiger partial charge in [-0.2, -0.15) is 15.1 Å². The largest absolute Gasteiger partial charge is 0.495 e. The molecule has 0 bridgehead atoms. The zero-order chi connectivity index (χ0) is 19.0. The fourth-order valence-corrected chi connectivity index (χ4v) is 3.59. The Morgan fingerprint density at radius 1 is 1.22 bits per heavy atom. The molecule has 3 heterocycles. The average molecular weight is 387 g/mol. The Labute approximate surface area is 163 Å². The number of piperidine rings is 1. The lowest BCUT2D eigenvalue weighted by Crippen LogP contribution is -2.34. The maximum atomic E-state index is 6.26. The molecule has 0 amide bonds. The molecule has 1 fully saturated rings. The van der Waals surface area contributed by atoms with E-state index in [0.717, 1.165) is 60.3 Å². The van der Waals surface area contributed by atoms with E-state index in [1.54, 1.807) is 18.0 Å². The molecule has 7 nitrogen and oxygen atoms in total. The lowest BCUT2D eigenvalue weighted by Gasteiger charge is -2.30. The molecule has 1 aliphatic rings. The third-order valence-electron chi connectivity index (χ3n) is 5.06. The summed E-state index contributed by atoms with van der Waals surface area (Å²) < 4.78 is 7.00. The van der Waals surface area contributed by atoms with Crippen LogP contribution in [0.15, 0.2) is 24.4 Å². The van der Waals surface area contributed by atoms with Crippen molar-refractivity contribution in [3.63, 3.8) is 0 Å². The van der Waals surface area contributed by atoms with Gasteiger partial charge in [-0.25, -0.2) is 0 Å². The number of aryl methyl sites for hydroxylation is 1. The van der Waals surface area contributed by atoms with Gasteiger partial charge in [0.2, 0.25) is 5.95 Å². The number of methoxy groups -OCH3 is 1. The van der Waals surface area contributed by atoms with Gasteiger partial charge in [0.05, 0.1) is 23.7 Å². The summed E-state index contributed by atoms with van der Waals surface area (Å²) in [7, 11) is 3.50. The van der Waals surface area contributed by atoms with Crippen LogP contribution in [0.1, 0.15) is 19.8 Å². The fraction of sp³-hybridized carbons (Fsp3) is 0.421. The predicted octanol–water partition coefficient (Wildman–Crippen LogP) is 4.01. The van der Waals surface area contributed by atoms with Crippen LogP contribution in [0.2, 0.25) is 5.02 Å². The number of benzene rings is 1. The van der Waals surface area contributed by atoms with Crippen molar-refractivity contribution in [1.29, 1.82) is 0 Å². The summed E-state index contributed by atoms with van der Waals surface area (Å²) >= 11 is 6.26. The van der Waals surface area contributed by atoms with Crippen LogP contribution in [0.4, 0.5) is 17.5 Å². The minimum Gasteiger partial charge on any atom is -0.495 e. The summed E-state index contributed by atoms with van der Waals surface area (Å²) in [6.45, 7) is 4.24. The van der Waals surface area contributed by atoms with E-state index < -0.39 is 0 Å². The van der Waals surface area contributed by atoms with E-state index in [9.17, 15) is 0 Å². The van der Waals surface area contributed by atoms with Gasteiger partial charge in [0.15, 0.2) is 5.65 Å². The number of halogens is 1. The molecule has 0 spiro atoms. The lowest BCUT2D eigenvalue weighted by atomic mass is 10.00. The molecule has 1 saturated heterocycles. The van der Waals surface area contributed by atoms with Crippen LogP contribution < -0.4 is 15.0 Å². The monoisotopic (exact) mass is 386 g/mol. The van der Waals surface area contributed by atoms with Gasteiger partial charge in [0, 0.05) is 25.8 Å². The van der Waals surface area contributed by atoms with E-state index in [1.165, 1.54) is 0 Å². The number of hydrogen-bond acceptors (Lipinski definition) is 6. The summed E-state index contributed by atoms with van der Waals surface area (Å²) in [5, 5.41) is 9.14. The number of ether oxygens (including phenoxy) is 1. The van der Waals surface area contributed by atoms with Gasteiger partial charge in [-0.1, -0.05) is 18.5 Å². The zero-order valence-electron chi connectivity index (χ0n) is 15.7. The highest BCUT2D eigenvalue weighted by molar-refractivity contribution is 6.32. The number of nitrogens with zero attached hydrogens (tertiary/aromatic N) is 5. The number of anilines is 3. The molecule has 1 aromatic carbocycles. The topological polar surface area (TPSA) is 68.1 Å². The summed E-state index contributed by atoms with van der Waals surface area (Å²) in [5.41, 5.74) is 1.64. The Morgan fingerprint density at radius 2 is 2.00 bits per heavy atom. The second-order valence-electron chi connectivity index (χ2n) is 7.02. The Balaban J connectivity index is 1.71. The van der Waals surface area contributed by atoms with Crippen LogP contribution in [0.3, 0.4) is 0 Å². The standard InChI is InChI=1S/C19H23ClN6O/c1-12-6-8-26(9-7-12)19-23-17(14-11-21-25(2)18(14)24-19)22-13-4-5-16(27-3)15(20)10-13/h4-5,10-12H,6-9H2,1-3H3,(H,22,23,24). The quantitative estimate of drug-likeness (QED) is 0.730. The highest BCUT2D eigenvalue weighted by atomic mass is 35.5. The smallest absolute Gasteiger partial charge is 0.229 e. The second kappa shape index (κ2) is 7.23. The molecule has 0 saturated carbocycles. The number of aromatic nitrogens is 4. The molecule has 0 aliphatic carbocycles. The van der Waals surface area contributed by atoms with Crippen LogP contribution in [0.5, 0.6) is 5.75 Å². The normalized spacial score (nSPS) is 15.3. The summed E-state index contributed by atoms with van der Waals surface area (Å²) in [4.78, 5) is 11.8. The van der Waals surface area contributed by atoms with Crippen LogP contribution in [0, 0.1) is 5.92 Å². The van der Waals surface area contributed by atoms with E-state index in [4.69, 9.17) is 26.3 Å². The highest BCUT2D eigenvalue weighted by Crippen LogP contribution is 2.31. The van der Waals surface area contributed by atoms with Gasteiger partial charge in [-0.05, 0) is 37.0 Å². The van der Waals surface area contributed by atoms with Crippen LogP contribution in [0.25, 0.3) is 11.0 Å². The Hall–Kier alpha value is -2.54. The first kappa shape index (κ1) is 17.9. The first-order valence-electron chi connectivity index (χ1n) is 9.10. The summed E-state index contributed by atoms with van der Waals surface area (Å²) in [5.74, 6) is 2.85. The maximum absolute atomic E-state index is 6.26. The first-order valence-corrected chi connectivity index (χ1v) is 9.48. The number of fused-ring (bicyclic) bond motifs is 1. The van der Waals surface area contributed by atoms with Crippen molar-refractivity contribution >= 4 is 40.1 Å². The summed E-state index contributed by atoms with van der Waals surface area (Å²) in [6, 6.07) is 5.57. The Morgan fingerprint density at radius 3 is 2.70 bits per heavy atom. The lowest BCUT2D eigenvalue weighted by molar-refractivity contribution is 0.415. The third-order valence-corrected chi connectivity index (χ3v) is 5.36. The van der Waals surface area contributed by atoms with E-state index >= 15 is 0 Å². The van der Waals surface area contributed by atoms with Crippen molar-refractivity contribution in [3.05, 3.63) is 29.4 Å². The molecule has 0 radical (unpaired) electrons. The van der Waals surface area contributed by atoms with Crippen LogP contribution in [-0.4, -0.2) is 39.9 Å². The Bertz CT molecular complexity index is 964. The number of rotatable bonds is 4. The van der Waals surface area contributed by atoms with Gasteiger partial charge in [0.1, 0.15) is 11.6 Å². The van der Waals surface area contributed by atoms with Gasteiger partial charge in [0.25, 0.3) is 0 Å². The predicted molar refractivity (Wildman–Crippen MR) is 108 cm³/mol. The molecule has 1 N–H and O–H groups in total. The average Bonchev–Trinajstić information content (AvgIpc) is 3.04. The summed E-state index contributed by atoms with van der Waals surface area (Å²) in [6.07, 6.45) is 4.10. The molecule has 8 heteroatoms. The van der Waals surface area contributed by atoms with Crippen molar-refractivity contribution in [1.82, 2.24) is 19.7 Å². The maximum Gasteiger partial charge on any atom is 0.229 e. The molecule has 4 rings (SSSR count). The van der Waals surface area contributed by atoms with Crippen molar-refractivity contribution in [2.75, 3.05) is 30.4 Å². The third kappa shape index (κ3) is 3.51. The van der Waals surface area contributed by atoms with E-state index in [-0.39, 0.29) is 0 Å². The molecule has 1 aliphatic heterocycles. The van der Waals surface area contributed by atoms with E-state index in [1.807, 2.05) is 25.2 Å². The van der Waals surface area contributed by atoms with Crippen molar-refractivity contribution in [2.24, 2.45) is 13.0 Å². The molecule has 2 aromatic heterocycles. The fourth-order valence-electron chi connectivity index (χ4n) is 3.34. The van der Waals surface area contributed by atoms with Gasteiger partial charge in [-0.15, -0.1) is 0 Å². The Kier molecular flexibility index (Phi) is 4.78. The molecule has 0 unspecified atom stereocenters. The van der Waals surface area contributed by atoms with Crippen molar-refractivity contribution in [2.45, 2.75) is 19.8 Å². The molecule has 27 heavy (non-hydrogen) atoms. The van der Waals surface area contributed by atoms with Crippen LogP contribution >= 0.6 is 11.6 Å². The minimum absolute atomic E-state index is 0.546. The van der Waals surface area contributed by atoms with Gasteiger partial charge < -0.3 is 15.0 Å². The number of nitrogens with one attached hydrogen (secondary N) is 1. The highest BCUT2D eigenvalue weighted by Gasteiger charge is 2.21. The second-order valence-corrected chi connectivity index (χ2v) is 7.43. The van der Waals surface area contributed by atoms with Gasteiger partial charge in [-0.3, -0.25) is 4.68 Å². The first-order chi connectivity index (χ1) is 13.0. The van der Waals surface area contributed by atoms with Crippen molar-refractivity contribution in [3.8, 4) is 5.75 Å². The molecule has 3 aromatic rings. The molecule has 142 valence electrons. The van der Waals surface area contributed by atoms with E-state index in [0.29, 0.717) is 10.8 Å². The van der Waals surface area contributed by atoms with Crippen molar-refractivity contribution < 1.29 is 4.74 Å². The van der Waals surface area contributed by atoms with E-state index in [2.05, 4.69) is 22.2 Å². The minimum atomic E-state index is 0.546. The number of hydrogen-bond donors (Lipinski definition) is 1. The van der Waals surface area contributed by atoms with Gasteiger partial charge >= 0.3 is 0 Å². The SMILES string of the molecule is COc1ccc(Nc2nc(N3CCC(C)CC3)nc3c2cnn3C)cc1Cl.